The largest absolute Gasteiger partial charge is 0.347 e. The second-order valence-electron chi connectivity index (χ2n) is 4.97. The summed E-state index contributed by atoms with van der Waals surface area (Å²) in [4.78, 5) is 39.4. The van der Waals surface area contributed by atoms with Gasteiger partial charge in [-0.05, 0) is 12.1 Å². The Kier molecular flexibility index (Phi) is 4.28. The van der Waals surface area contributed by atoms with E-state index in [9.17, 15) is 9.59 Å². The molecule has 0 saturated carbocycles. The molecule has 0 fully saturated rings. The van der Waals surface area contributed by atoms with Gasteiger partial charge in [-0.25, -0.2) is 9.97 Å². The molecule has 0 aliphatic heterocycles. The van der Waals surface area contributed by atoms with E-state index in [1.165, 1.54) is 0 Å². The summed E-state index contributed by atoms with van der Waals surface area (Å²) in [6.45, 7) is 0.671. The number of aromatic nitrogens is 4. The minimum Gasteiger partial charge on any atom is -0.347 e. The van der Waals surface area contributed by atoms with Crippen molar-refractivity contribution in [2.45, 2.75) is 13.1 Å². The van der Waals surface area contributed by atoms with Crippen LogP contribution in [0.25, 0.3) is 0 Å². The summed E-state index contributed by atoms with van der Waals surface area (Å²) in [6.07, 6.45) is 7.46. The summed E-state index contributed by atoms with van der Waals surface area (Å²) in [7, 11) is 0. The van der Waals surface area contributed by atoms with Gasteiger partial charge in [-0.1, -0.05) is 12.1 Å². The number of hydrogen-bond donors (Lipinski definition) is 2. The predicted octanol–water partition coefficient (Wildman–Crippen LogP) is 1.79. The Morgan fingerprint density at radius 3 is 2.00 bits per heavy atom. The summed E-state index contributed by atoms with van der Waals surface area (Å²) in [5, 5.41) is 0. The highest BCUT2D eigenvalue weighted by molar-refractivity contribution is 5.94. The molecule has 0 aliphatic carbocycles. The van der Waals surface area contributed by atoms with Gasteiger partial charge in [0.15, 0.2) is 0 Å². The number of carbonyl (C=O) groups is 2. The molecule has 23 heavy (non-hydrogen) atoms. The quantitative estimate of drug-likeness (QED) is 0.679. The Hall–Kier alpha value is -3.22. The van der Waals surface area contributed by atoms with Gasteiger partial charge >= 0.3 is 0 Å². The fraction of sp³-hybridized carbons (Fsp3) is 0.125. The lowest BCUT2D eigenvalue weighted by atomic mass is 10.1. The van der Waals surface area contributed by atoms with E-state index in [1.807, 2.05) is 0 Å². The molecule has 2 aromatic heterocycles. The van der Waals surface area contributed by atoms with E-state index < -0.39 is 0 Å². The van der Waals surface area contributed by atoms with Crippen molar-refractivity contribution in [3.8, 4) is 0 Å². The molecule has 116 valence electrons. The summed E-state index contributed by atoms with van der Waals surface area (Å²) in [5.74, 6) is 1.22. The third-order valence-electron chi connectivity index (χ3n) is 3.37. The number of imidazole rings is 2. The summed E-state index contributed by atoms with van der Waals surface area (Å²) >= 11 is 0. The molecule has 0 radical (unpaired) electrons. The van der Waals surface area contributed by atoms with E-state index in [0.29, 0.717) is 35.9 Å². The first-order chi connectivity index (χ1) is 11.3. The molecular formula is C16H15N5O2. The average Bonchev–Trinajstić information content (AvgIpc) is 3.27. The van der Waals surface area contributed by atoms with Crippen molar-refractivity contribution in [2.24, 2.45) is 0 Å². The van der Waals surface area contributed by atoms with Crippen LogP contribution < -0.4 is 0 Å². The van der Waals surface area contributed by atoms with Gasteiger partial charge in [-0.2, -0.15) is 0 Å². The first-order valence-electron chi connectivity index (χ1n) is 7.07. The first kappa shape index (κ1) is 14.7. The van der Waals surface area contributed by atoms with Crippen LogP contribution in [0.15, 0.2) is 49.1 Å². The molecule has 1 amide bonds. The number of aldehydes is 1. The van der Waals surface area contributed by atoms with E-state index in [2.05, 4.69) is 19.9 Å². The van der Waals surface area contributed by atoms with Crippen molar-refractivity contribution in [3.05, 3.63) is 71.8 Å². The van der Waals surface area contributed by atoms with Crippen LogP contribution in [0.2, 0.25) is 0 Å². The molecule has 3 aromatic rings. The number of rotatable bonds is 6. The number of nitrogens with zero attached hydrogens (tertiary/aromatic N) is 3. The maximum atomic E-state index is 12.8. The fourth-order valence-electron chi connectivity index (χ4n) is 2.22. The van der Waals surface area contributed by atoms with Crippen molar-refractivity contribution in [2.75, 3.05) is 0 Å². The standard InChI is InChI=1S/C16H15N5O2/c22-11-12-1-3-13(4-2-12)16(23)21(9-14-17-5-6-18-14)10-15-19-7-8-20-15/h1-8,11H,9-10H2,(H,17,18)(H,19,20). The minimum absolute atomic E-state index is 0.157. The highest BCUT2D eigenvalue weighted by Gasteiger charge is 2.18. The number of benzene rings is 1. The SMILES string of the molecule is O=Cc1ccc(C(=O)N(Cc2ncc[nH]2)Cc2ncc[nH]2)cc1. The smallest absolute Gasteiger partial charge is 0.254 e. The van der Waals surface area contributed by atoms with Gasteiger partial charge in [0.05, 0.1) is 13.1 Å². The lowest BCUT2D eigenvalue weighted by Gasteiger charge is -2.20. The van der Waals surface area contributed by atoms with E-state index in [1.54, 1.807) is 54.0 Å². The van der Waals surface area contributed by atoms with Crippen molar-refractivity contribution < 1.29 is 9.59 Å². The van der Waals surface area contributed by atoms with Crippen LogP contribution in [0.3, 0.4) is 0 Å². The Bertz CT molecular complexity index is 727. The molecular weight excluding hydrogens is 294 g/mol. The monoisotopic (exact) mass is 309 g/mol. The highest BCUT2D eigenvalue weighted by atomic mass is 16.2. The summed E-state index contributed by atoms with van der Waals surface area (Å²) in [6, 6.07) is 6.53. The number of hydrogen-bond acceptors (Lipinski definition) is 4. The van der Waals surface area contributed by atoms with Crippen LogP contribution in [-0.4, -0.2) is 37.0 Å². The van der Waals surface area contributed by atoms with E-state index in [4.69, 9.17) is 0 Å². The van der Waals surface area contributed by atoms with Gasteiger partial charge < -0.3 is 14.9 Å². The Labute approximate surface area is 132 Å². The van der Waals surface area contributed by atoms with Crippen molar-refractivity contribution in [1.29, 1.82) is 0 Å². The number of nitrogens with one attached hydrogen (secondary N) is 2. The lowest BCUT2D eigenvalue weighted by molar-refractivity contribution is 0.0721. The second kappa shape index (κ2) is 6.69. The third kappa shape index (κ3) is 3.52. The van der Waals surface area contributed by atoms with Gasteiger partial charge in [0, 0.05) is 35.9 Å². The minimum atomic E-state index is -0.157. The molecule has 1 aromatic carbocycles. The van der Waals surface area contributed by atoms with Crippen molar-refractivity contribution in [1.82, 2.24) is 24.8 Å². The molecule has 7 nitrogen and oxygen atoms in total. The van der Waals surface area contributed by atoms with Crippen molar-refractivity contribution in [3.63, 3.8) is 0 Å². The third-order valence-corrected chi connectivity index (χ3v) is 3.37. The Balaban J connectivity index is 1.83. The molecule has 0 saturated heterocycles. The predicted molar refractivity (Wildman–Crippen MR) is 82.6 cm³/mol. The maximum absolute atomic E-state index is 12.8. The van der Waals surface area contributed by atoms with Crippen LogP contribution >= 0.6 is 0 Å². The Morgan fingerprint density at radius 2 is 1.57 bits per heavy atom. The second-order valence-corrected chi connectivity index (χ2v) is 4.97. The Morgan fingerprint density at radius 1 is 1.00 bits per heavy atom. The number of amides is 1. The number of H-pyrrole nitrogens is 2. The highest BCUT2D eigenvalue weighted by Crippen LogP contribution is 2.12. The first-order valence-corrected chi connectivity index (χ1v) is 7.07. The molecule has 0 bridgehead atoms. The molecule has 0 aliphatic rings. The number of carbonyl (C=O) groups excluding carboxylic acids is 2. The van der Waals surface area contributed by atoms with Crippen LogP contribution in [0.1, 0.15) is 32.4 Å². The number of aromatic amines is 2. The van der Waals surface area contributed by atoms with E-state index in [-0.39, 0.29) is 5.91 Å². The zero-order chi connectivity index (χ0) is 16.1. The molecule has 0 spiro atoms. The summed E-state index contributed by atoms with van der Waals surface area (Å²) < 4.78 is 0. The van der Waals surface area contributed by atoms with Gasteiger partial charge in [-0.15, -0.1) is 0 Å². The molecule has 3 rings (SSSR count). The van der Waals surface area contributed by atoms with E-state index in [0.717, 1.165) is 6.29 Å². The molecule has 0 atom stereocenters. The maximum Gasteiger partial charge on any atom is 0.254 e. The average molecular weight is 309 g/mol. The van der Waals surface area contributed by atoms with Crippen LogP contribution in [0.4, 0.5) is 0 Å². The van der Waals surface area contributed by atoms with Gasteiger partial charge in [-0.3, -0.25) is 9.59 Å². The summed E-state index contributed by atoms with van der Waals surface area (Å²) in [5.41, 5.74) is 1.04. The molecule has 2 N–H and O–H groups in total. The van der Waals surface area contributed by atoms with Crippen LogP contribution in [-0.2, 0) is 13.1 Å². The zero-order valence-electron chi connectivity index (χ0n) is 12.3. The zero-order valence-corrected chi connectivity index (χ0v) is 12.3. The fourth-order valence-corrected chi connectivity index (χ4v) is 2.22. The van der Waals surface area contributed by atoms with Gasteiger partial charge in [0.25, 0.3) is 5.91 Å². The van der Waals surface area contributed by atoms with Crippen LogP contribution in [0, 0.1) is 0 Å². The van der Waals surface area contributed by atoms with Gasteiger partial charge in [0.2, 0.25) is 0 Å². The van der Waals surface area contributed by atoms with Gasteiger partial charge in [0.1, 0.15) is 17.9 Å². The van der Waals surface area contributed by atoms with E-state index >= 15 is 0 Å². The van der Waals surface area contributed by atoms with Crippen LogP contribution in [0.5, 0.6) is 0 Å². The lowest BCUT2D eigenvalue weighted by Crippen LogP contribution is -2.31. The van der Waals surface area contributed by atoms with Crippen molar-refractivity contribution >= 4 is 12.2 Å². The molecule has 7 heteroatoms. The topological polar surface area (TPSA) is 94.7 Å². The molecule has 2 heterocycles. The molecule has 0 unspecified atom stereocenters. The normalized spacial score (nSPS) is 10.4.